The van der Waals surface area contributed by atoms with Gasteiger partial charge in [0, 0.05) is 24.6 Å². The second kappa shape index (κ2) is 7.99. The lowest BCUT2D eigenvalue weighted by molar-refractivity contribution is -0.384. The second-order valence-corrected chi connectivity index (χ2v) is 7.45. The summed E-state index contributed by atoms with van der Waals surface area (Å²) in [6.07, 6.45) is 3.80. The first kappa shape index (κ1) is 20.2. The number of nitro groups is 1. The average Bonchev–Trinajstić information content (AvgIpc) is 2.74. The van der Waals surface area contributed by atoms with E-state index in [9.17, 15) is 19.7 Å². The van der Waals surface area contributed by atoms with Crippen LogP contribution < -0.4 is 4.90 Å². The predicted octanol–water partition coefficient (Wildman–Crippen LogP) is 5.50. The van der Waals surface area contributed by atoms with Crippen molar-refractivity contribution in [1.82, 2.24) is 0 Å². The van der Waals surface area contributed by atoms with Crippen molar-refractivity contribution in [2.75, 3.05) is 4.90 Å². The summed E-state index contributed by atoms with van der Waals surface area (Å²) < 4.78 is 0. The number of nitrogens with zero attached hydrogens (tertiary/aromatic N) is 2. The van der Waals surface area contributed by atoms with E-state index in [4.69, 9.17) is 0 Å². The Morgan fingerprint density at radius 2 is 1.65 bits per heavy atom. The highest BCUT2D eigenvalue weighted by Crippen LogP contribution is 2.34. The van der Waals surface area contributed by atoms with E-state index in [1.54, 1.807) is 17.0 Å². The molecule has 1 aliphatic heterocycles. The molecule has 154 valence electrons. The first-order valence-electron chi connectivity index (χ1n) is 9.83. The van der Waals surface area contributed by atoms with Gasteiger partial charge in [-0.2, -0.15) is 0 Å². The van der Waals surface area contributed by atoms with Crippen LogP contribution in [0.3, 0.4) is 0 Å². The number of hydrogen-bond acceptors (Lipinski definition) is 4. The number of carbonyl (C=O) groups is 2. The summed E-state index contributed by atoms with van der Waals surface area (Å²) in [4.78, 5) is 36.9. The molecule has 1 heterocycles. The molecular formula is C25H20N2O4. The highest BCUT2D eigenvalue weighted by Gasteiger charge is 2.22. The van der Waals surface area contributed by atoms with Crippen LogP contribution in [0.15, 0.2) is 60.7 Å². The number of anilines is 1. The molecule has 4 rings (SSSR count). The van der Waals surface area contributed by atoms with Crippen molar-refractivity contribution in [3.05, 3.63) is 93.0 Å². The van der Waals surface area contributed by atoms with E-state index in [0.717, 1.165) is 27.8 Å². The number of rotatable bonds is 3. The summed E-state index contributed by atoms with van der Waals surface area (Å²) in [5, 5.41) is 11.3. The Bertz CT molecular complexity index is 1260. The van der Waals surface area contributed by atoms with Crippen LogP contribution in [-0.4, -0.2) is 16.6 Å². The van der Waals surface area contributed by atoms with E-state index < -0.39 is 4.92 Å². The van der Waals surface area contributed by atoms with Gasteiger partial charge >= 0.3 is 0 Å². The van der Waals surface area contributed by atoms with Crippen LogP contribution in [-0.2, 0) is 11.3 Å². The van der Waals surface area contributed by atoms with Gasteiger partial charge in [0.1, 0.15) is 0 Å². The minimum atomic E-state index is -0.466. The summed E-state index contributed by atoms with van der Waals surface area (Å²) in [5.74, 6) is -0.230. The van der Waals surface area contributed by atoms with Crippen molar-refractivity contribution in [3.63, 3.8) is 0 Å². The lowest BCUT2D eigenvalue weighted by Gasteiger charge is -2.26. The van der Waals surface area contributed by atoms with Crippen LogP contribution in [0, 0.1) is 10.1 Å². The average molecular weight is 412 g/mol. The van der Waals surface area contributed by atoms with Gasteiger partial charge < -0.3 is 4.90 Å². The maximum atomic E-state index is 12.5. The Balaban J connectivity index is 1.85. The minimum Gasteiger partial charge on any atom is -0.307 e. The van der Waals surface area contributed by atoms with Gasteiger partial charge in [-0.1, -0.05) is 48.6 Å². The monoisotopic (exact) mass is 412 g/mol. The van der Waals surface area contributed by atoms with Crippen molar-refractivity contribution in [2.45, 2.75) is 20.4 Å². The first-order chi connectivity index (χ1) is 14.8. The largest absolute Gasteiger partial charge is 0.307 e. The van der Waals surface area contributed by atoms with Gasteiger partial charge in [-0.3, -0.25) is 19.7 Å². The van der Waals surface area contributed by atoms with Gasteiger partial charge in [-0.05, 0) is 46.9 Å². The van der Waals surface area contributed by atoms with Crippen LogP contribution in [0.25, 0.3) is 23.3 Å². The van der Waals surface area contributed by atoms with E-state index in [0.29, 0.717) is 11.3 Å². The van der Waals surface area contributed by atoms with Crippen LogP contribution >= 0.6 is 0 Å². The molecule has 0 spiro atoms. The Morgan fingerprint density at radius 3 is 2.35 bits per heavy atom. The highest BCUT2D eigenvalue weighted by molar-refractivity contribution is 6.01. The lowest BCUT2D eigenvalue weighted by Crippen LogP contribution is -2.29. The van der Waals surface area contributed by atoms with E-state index in [-0.39, 0.29) is 23.9 Å². The van der Waals surface area contributed by atoms with Crippen LogP contribution in [0.1, 0.15) is 40.9 Å². The zero-order valence-electron chi connectivity index (χ0n) is 17.2. The summed E-state index contributed by atoms with van der Waals surface area (Å²) >= 11 is 0. The molecule has 1 aliphatic rings. The van der Waals surface area contributed by atoms with Gasteiger partial charge in [0.25, 0.3) is 5.69 Å². The fourth-order valence-electron chi connectivity index (χ4n) is 3.85. The second-order valence-electron chi connectivity index (χ2n) is 7.45. The molecule has 0 saturated heterocycles. The fourth-order valence-corrected chi connectivity index (χ4v) is 3.85. The van der Waals surface area contributed by atoms with Gasteiger partial charge in [-0.25, -0.2) is 0 Å². The number of amides is 1. The minimum absolute atomic E-state index is 0.0196. The van der Waals surface area contributed by atoms with Crippen LogP contribution in [0.5, 0.6) is 0 Å². The molecule has 0 fully saturated rings. The molecule has 0 atom stereocenters. The molecule has 0 aliphatic carbocycles. The number of ketones is 1. The zero-order valence-corrected chi connectivity index (χ0v) is 17.2. The van der Waals surface area contributed by atoms with Gasteiger partial charge in [-0.15, -0.1) is 0 Å². The molecule has 3 aromatic carbocycles. The van der Waals surface area contributed by atoms with Gasteiger partial charge in [0.15, 0.2) is 5.78 Å². The van der Waals surface area contributed by atoms with Crippen molar-refractivity contribution in [1.29, 1.82) is 0 Å². The molecule has 31 heavy (non-hydrogen) atoms. The SMILES string of the molecule is CC(=O)c1ccccc1-c1ccc2c(c1)CN(C(C)=O)c1cc([N+](=O)[O-])ccc1/C=C\2. The third-order valence-corrected chi connectivity index (χ3v) is 5.43. The van der Waals surface area contributed by atoms with Crippen molar-refractivity contribution in [3.8, 4) is 11.1 Å². The molecule has 0 bridgehead atoms. The maximum Gasteiger partial charge on any atom is 0.271 e. The van der Waals surface area contributed by atoms with Crippen molar-refractivity contribution in [2.24, 2.45) is 0 Å². The summed E-state index contributed by atoms with van der Waals surface area (Å²) in [7, 11) is 0. The van der Waals surface area contributed by atoms with Crippen LogP contribution in [0.2, 0.25) is 0 Å². The number of nitro benzene ring substituents is 1. The van der Waals surface area contributed by atoms with Gasteiger partial charge in [0.2, 0.25) is 5.91 Å². The Morgan fingerprint density at radius 1 is 0.935 bits per heavy atom. The number of hydrogen-bond donors (Lipinski definition) is 0. The van der Waals surface area contributed by atoms with E-state index in [1.165, 1.54) is 26.0 Å². The topological polar surface area (TPSA) is 80.5 Å². The molecule has 6 heteroatoms. The quantitative estimate of drug-likeness (QED) is 0.323. The maximum absolute atomic E-state index is 12.5. The van der Waals surface area contributed by atoms with Crippen molar-refractivity contribution < 1.29 is 14.5 Å². The molecule has 0 unspecified atom stereocenters. The molecule has 0 aromatic heterocycles. The zero-order chi connectivity index (χ0) is 22.1. The first-order valence-corrected chi connectivity index (χ1v) is 9.83. The Labute approximate surface area is 179 Å². The van der Waals surface area contributed by atoms with Crippen molar-refractivity contribution >= 4 is 35.2 Å². The summed E-state index contributed by atoms with van der Waals surface area (Å²) in [6, 6.07) is 17.8. The number of carbonyl (C=O) groups excluding carboxylic acids is 2. The fraction of sp³-hybridized carbons (Fsp3) is 0.120. The lowest BCUT2D eigenvalue weighted by atomic mass is 9.93. The highest BCUT2D eigenvalue weighted by atomic mass is 16.6. The normalized spacial score (nSPS) is 13.4. The Hall–Kier alpha value is -4.06. The molecule has 0 radical (unpaired) electrons. The molecule has 3 aromatic rings. The van der Waals surface area contributed by atoms with E-state index in [2.05, 4.69) is 0 Å². The summed E-state index contributed by atoms with van der Waals surface area (Å²) in [6.45, 7) is 3.25. The molecule has 1 amide bonds. The smallest absolute Gasteiger partial charge is 0.271 e. The number of Topliss-reactive ketones (excluding diaryl/α,β-unsaturated/α-hetero) is 1. The molecule has 0 saturated carbocycles. The third kappa shape index (κ3) is 3.88. The van der Waals surface area contributed by atoms with E-state index in [1.807, 2.05) is 48.6 Å². The predicted molar refractivity (Wildman–Crippen MR) is 121 cm³/mol. The molecule has 0 N–H and O–H groups in total. The Kier molecular flexibility index (Phi) is 5.21. The molecular weight excluding hydrogens is 392 g/mol. The third-order valence-electron chi connectivity index (χ3n) is 5.43. The summed E-state index contributed by atoms with van der Waals surface area (Å²) in [5.41, 5.74) is 5.33. The number of fused-ring (bicyclic) bond motifs is 2. The van der Waals surface area contributed by atoms with Gasteiger partial charge in [0.05, 0.1) is 17.2 Å². The number of benzene rings is 3. The standard InChI is InChI=1S/C25H20N2O4/c1-16(28)23-5-3-4-6-24(23)20-10-8-18-7-9-19-11-12-22(27(30)31)14-25(19)26(17(2)29)15-21(18)13-20/h3-14H,15H2,1-2H3/b9-7-. The van der Waals surface area contributed by atoms with Crippen LogP contribution in [0.4, 0.5) is 11.4 Å². The molecule has 6 nitrogen and oxygen atoms in total. The number of non-ortho nitro benzene ring substituents is 1. The van der Waals surface area contributed by atoms with E-state index >= 15 is 0 Å².